The van der Waals surface area contributed by atoms with E-state index in [1.54, 1.807) is 6.20 Å². The Bertz CT molecular complexity index is 924. The molecule has 0 unspecified atom stereocenters. The second-order valence-corrected chi connectivity index (χ2v) is 5.10. The first-order valence-corrected chi connectivity index (χ1v) is 7.38. The third-order valence-corrected chi connectivity index (χ3v) is 3.66. The third kappa shape index (κ3) is 3.21. The van der Waals surface area contributed by atoms with Crippen molar-refractivity contribution in [3.63, 3.8) is 0 Å². The minimum atomic E-state index is 0.810. The highest BCUT2D eigenvalue weighted by molar-refractivity contribution is 5.93. The van der Waals surface area contributed by atoms with Gasteiger partial charge in [-0.3, -0.25) is 9.97 Å². The van der Waals surface area contributed by atoms with E-state index in [9.17, 15) is 0 Å². The maximum atomic E-state index is 5.73. The Morgan fingerprint density at radius 2 is 1.39 bits per heavy atom. The monoisotopic (exact) mass is 302 g/mol. The lowest BCUT2D eigenvalue weighted by atomic mass is 10.1. The van der Waals surface area contributed by atoms with Gasteiger partial charge in [-0.25, -0.2) is 0 Å². The molecule has 2 aromatic carbocycles. The molecule has 4 rings (SSSR count). The van der Waals surface area contributed by atoms with Crippen LogP contribution in [-0.2, 0) is 0 Å². The van der Waals surface area contributed by atoms with Gasteiger partial charge in [-0.15, -0.1) is 0 Å². The van der Waals surface area contributed by atoms with E-state index in [0.29, 0.717) is 0 Å². The fourth-order valence-electron chi connectivity index (χ4n) is 2.49. The van der Waals surface area contributed by atoms with Gasteiger partial charge in [0.1, 0.15) is 0 Å². The Morgan fingerprint density at radius 3 is 2.04 bits per heavy atom. The van der Waals surface area contributed by atoms with Crippen molar-refractivity contribution >= 4 is 32.9 Å². The van der Waals surface area contributed by atoms with Crippen molar-refractivity contribution in [1.29, 1.82) is 0 Å². The smallest absolute Gasteiger partial charge is 0.0418 e. The van der Waals surface area contributed by atoms with Crippen LogP contribution in [0.2, 0.25) is 0 Å². The normalized spacial score (nSPS) is 10.1. The Balaban J connectivity index is 0.000000136. The maximum Gasteiger partial charge on any atom is 0.0418 e. The molecule has 0 amide bonds. The highest BCUT2D eigenvalue weighted by Gasteiger charge is 1.96. The fraction of sp³-hybridized carbons (Fsp3) is 0.0526. The number of hydrogen-bond acceptors (Lipinski definition) is 4. The van der Waals surface area contributed by atoms with E-state index >= 15 is 0 Å². The van der Waals surface area contributed by atoms with Crippen LogP contribution in [0.15, 0.2) is 73.3 Å². The number of benzene rings is 2. The molecule has 0 atom stereocenters. The van der Waals surface area contributed by atoms with E-state index in [1.807, 2.05) is 62.0 Å². The number of nitrogen functional groups attached to an aromatic ring is 1. The van der Waals surface area contributed by atoms with Gasteiger partial charge in [0.05, 0.1) is 0 Å². The molecule has 2 aromatic heterocycles. The van der Waals surface area contributed by atoms with Crippen molar-refractivity contribution in [3.8, 4) is 0 Å². The molecule has 0 saturated carbocycles. The molecular formula is C19H18N4. The zero-order valence-corrected chi connectivity index (χ0v) is 12.9. The number of rotatable bonds is 1. The lowest BCUT2D eigenvalue weighted by Crippen LogP contribution is -1.88. The standard InChI is InChI=1S/C10H10N2.C9H8N2/c1-11-10-4-2-3-8-7-12-6-5-9(8)10;10-9-3-1-2-7-6-11-5-4-8(7)9/h2-7,11H,1H3;1-6H,10H2. The van der Waals surface area contributed by atoms with Gasteiger partial charge in [-0.1, -0.05) is 24.3 Å². The van der Waals surface area contributed by atoms with Crippen LogP contribution in [0.3, 0.4) is 0 Å². The van der Waals surface area contributed by atoms with E-state index in [1.165, 1.54) is 10.8 Å². The molecule has 0 saturated heterocycles. The molecule has 0 aliphatic heterocycles. The Labute approximate surface area is 135 Å². The molecule has 23 heavy (non-hydrogen) atoms. The number of nitrogens with two attached hydrogens (primary N) is 1. The van der Waals surface area contributed by atoms with Gasteiger partial charge in [-0.05, 0) is 24.3 Å². The molecule has 114 valence electrons. The summed E-state index contributed by atoms with van der Waals surface area (Å²) in [6.07, 6.45) is 7.24. The number of anilines is 2. The molecular weight excluding hydrogens is 284 g/mol. The SMILES string of the molecule is CNc1cccc2cnccc12.Nc1cccc2cnccc12. The summed E-state index contributed by atoms with van der Waals surface area (Å²) in [6, 6.07) is 15.9. The van der Waals surface area contributed by atoms with Crippen LogP contribution in [0.25, 0.3) is 21.5 Å². The number of fused-ring (bicyclic) bond motifs is 2. The Kier molecular flexibility index (Phi) is 4.34. The summed E-state index contributed by atoms with van der Waals surface area (Å²) >= 11 is 0. The molecule has 4 heteroatoms. The zero-order chi connectivity index (χ0) is 16.1. The van der Waals surface area contributed by atoms with Crippen LogP contribution in [0.1, 0.15) is 0 Å². The minimum absolute atomic E-state index is 0.810. The topological polar surface area (TPSA) is 63.8 Å². The van der Waals surface area contributed by atoms with Crippen LogP contribution in [-0.4, -0.2) is 17.0 Å². The van der Waals surface area contributed by atoms with Crippen LogP contribution in [0.4, 0.5) is 11.4 Å². The van der Waals surface area contributed by atoms with Crippen LogP contribution in [0, 0.1) is 0 Å². The molecule has 0 radical (unpaired) electrons. The predicted octanol–water partition coefficient (Wildman–Crippen LogP) is 4.09. The van der Waals surface area contributed by atoms with E-state index < -0.39 is 0 Å². The number of nitrogens with zero attached hydrogens (tertiary/aromatic N) is 2. The van der Waals surface area contributed by atoms with Gasteiger partial charge in [0.25, 0.3) is 0 Å². The first-order valence-electron chi connectivity index (χ1n) is 7.38. The van der Waals surface area contributed by atoms with Gasteiger partial charge in [0.15, 0.2) is 0 Å². The highest BCUT2D eigenvalue weighted by Crippen LogP contribution is 2.21. The largest absolute Gasteiger partial charge is 0.398 e. The van der Waals surface area contributed by atoms with Crippen LogP contribution < -0.4 is 11.1 Å². The van der Waals surface area contributed by atoms with Crippen LogP contribution >= 0.6 is 0 Å². The van der Waals surface area contributed by atoms with E-state index in [-0.39, 0.29) is 0 Å². The predicted molar refractivity (Wildman–Crippen MR) is 97.4 cm³/mol. The number of hydrogen-bond donors (Lipinski definition) is 2. The second-order valence-electron chi connectivity index (χ2n) is 5.10. The summed E-state index contributed by atoms with van der Waals surface area (Å²) < 4.78 is 0. The van der Waals surface area contributed by atoms with Crippen LogP contribution in [0.5, 0.6) is 0 Å². The first-order chi connectivity index (χ1) is 11.3. The van der Waals surface area contributed by atoms with E-state index in [2.05, 4.69) is 27.4 Å². The van der Waals surface area contributed by atoms with Crippen molar-refractivity contribution in [2.45, 2.75) is 0 Å². The molecule has 4 aromatic rings. The lowest BCUT2D eigenvalue weighted by Gasteiger charge is -2.03. The van der Waals surface area contributed by atoms with E-state index in [0.717, 1.165) is 22.1 Å². The summed E-state index contributed by atoms with van der Waals surface area (Å²) in [6.45, 7) is 0. The molecule has 0 bridgehead atoms. The van der Waals surface area contributed by atoms with Crippen molar-refractivity contribution in [1.82, 2.24) is 9.97 Å². The highest BCUT2D eigenvalue weighted by atomic mass is 14.8. The van der Waals surface area contributed by atoms with Gasteiger partial charge in [-0.2, -0.15) is 0 Å². The summed E-state index contributed by atoms with van der Waals surface area (Å²) in [5.41, 5.74) is 7.69. The van der Waals surface area contributed by atoms with Crippen molar-refractivity contribution in [2.24, 2.45) is 0 Å². The minimum Gasteiger partial charge on any atom is -0.398 e. The van der Waals surface area contributed by atoms with Gasteiger partial charge >= 0.3 is 0 Å². The third-order valence-electron chi connectivity index (χ3n) is 3.66. The van der Waals surface area contributed by atoms with Gasteiger partial charge in [0.2, 0.25) is 0 Å². The van der Waals surface area contributed by atoms with E-state index in [4.69, 9.17) is 5.73 Å². The molecule has 4 nitrogen and oxygen atoms in total. The second kappa shape index (κ2) is 6.75. The molecule has 0 aliphatic carbocycles. The summed E-state index contributed by atoms with van der Waals surface area (Å²) in [7, 11) is 1.93. The fourth-order valence-corrected chi connectivity index (χ4v) is 2.49. The van der Waals surface area contributed by atoms with Crippen molar-refractivity contribution in [3.05, 3.63) is 73.3 Å². The van der Waals surface area contributed by atoms with Crippen molar-refractivity contribution < 1.29 is 0 Å². The Hall–Kier alpha value is -3.14. The first kappa shape index (κ1) is 14.8. The average molecular weight is 302 g/mol. The molecule has 0 fully saturated rings. The molecule has 2 heterocycles. The van der Waals surface area contributed by atoms with Gasteiger partial charge in [0, 0.05) is 64.8 Å². The lowest BCUT2D eigenvalue weighted by molar-refractivity contribution is 1.36. The quantitative estimate of drug-likeness (QED) is 0.520. The molecule has 0 spiro atoms. The molecule has 3 N–H and O–H groups in total. The summed E-state index contributed by atoms with van der Waals surface area (Å²) in [5.74, 6) is 0. The maximum absolute atomic E-state index is 5.73. The van der Waals surface area contributed by atoms with Gasteiger partial charge < -0.3 is 11.1 Å². The number of pyridine rings is 2. The zero-order valence-electron chi connectivity index (χ0n) is 12.9. The summed E-state index contributed by atoms with van der Waals surface area (Å²) in [4.78, 5) is 8.06. The number of aromatic nitrogens is 2. The average Bonchev–Trinajstić information content (AvgIpc) is 2.62. The number of nitrogens with one attached hydrogen (secondary N) is 1. The van der Waals surface area contributed by atoms with Crippen molar-refractivity contribution in [2.75, 3.05) is 18.1 Å². The molecule has 0 aliphatic rings. The summed E-state index contributed by atoms with van der Waals surface area (Å²) in [5, 5.41) is 7.69. The Morgan fingerprint density at radius 1 is 0.783 bits per heavy atom.